The maximum absolute atomic E-state index is 12.2. The third-order valence-corrected chi connectivity index (χ3v) is 3.90. The molecule has 1 aliphatic rings. The van der Waals surface area contributed by atoms with Crippen molar-refractivity contribution in [1.29, 1.82) is 0 Å². The van der Waals surface area contributed by atoms with Crippen LogP contribution in [0.1, 0.15) is 18.9 Å². The summed E-state index contributed by atoms with van der Waals surface area (Å²) in [4.78, 5) is 12.2. The van der Waals surface area contributed by atoms with E-state index in [0.29, 0.717) is 30.4 Å². The van der Waals surface area contributed by atoms with Gasteiger partial charge >= 0.3 is 6.03 Å². The van der Waals surface area contributed by atoms with Crippen LogP contribution in [0.15, 0.2) is 48.5 Å². The van der Waals surface area contributed by atoms with Gasteiger partial charge in [0.25, 0.3) is 0 Å². The molecule has 126 valence electrons. The molecule has 1 aliphatic heterocycles. The normalized spacial score (nSPS) is 13.9. The third-order valence-electron chi connectivity index (χ3n) is 3.90. The van der Waals surface area contributed by atoms with Gasteiger partial charge in [0.1, 0.15) is 13.2 Å². The van der Waals surface area contributed by atoms with Gasteiger partial charge in [-0.15, -0.1) is 0 Å². The van der Waals surface area contributed by atoms with Crippen molar-refractivity contribution in [3.8, 4) is 11.5 Å². The molecule has 1 atom stereocenters. The molecule has 0 spiro atoms. The summed E-state index contributed by atoms with van der Waals surface area (Å²) in [5.74, 6) is 1.26. The largest absolute Gasteiger partial charge is 0.486 e. The van der Waals surface area contributed by atoms with E-state index in [4.69, 9.17) is 9.47 Å². The second kappa shape index (κ2) is 7.73. The number of carbonyl (C=O) groups excluding carboxylic acids is 1. The van der Waals surface area contributed by atoms with Gasteiger partial charge in [-0.25, -0.2) is 4.79 Å². The van der Waals surface area contributed by atoms with Crippen molar-refractivity contribution < 1.29 is 14.3 Å². The first kappa shape index (κ1) is 16.2. The zero-order chi connectivity index (χ0) is 16.8. The number of fused-ring (bicyclic) bond motifs is 1. The van der Waals surface area contributed by atoms with E-state index in [-0.39, 0.29) is 12.1 Å². The Balaban J connectivity index is 1.52. The summed E-state index contributed by atoms with van der Waals surface area (Å²) in [5.41, 5.74) is 1.90. The number of benzene rings is 2. The fraction of sp³-hybridized carbons (Fsp3) is 0.316. The SMILES string of the molecule is CC(CCc1ccccc1)NC(=O)Nc1cccc2c1OCCO2. The summed E-state index contributed by atoms with van der Waals surface area (Å²) in [5, 5.41) is 5.80. The smallest absolute Gasteiger partial charge is 0.319 e. The van der Waals surface area contributed by atoms with Crippen LogP contribution in [0, 0.1) is 0 Å². The number of urea groups is 1. The molecule has 0 bridgehead atoms. The van der Waals surface area contributed by atoms with Crippen molar-refractivity contribution in [3.05, 3.63) is 54.1 Å². The van der Waals surface area contributed by atoms with E-state index >= 15 is 0 Å². The van der Waals surface area contributed by atoms with E-state index in [1.165, 1.54) is 5.56 Å². The van der Waals surface area contributed by atoms with Gasteiger partial charge < -0.3 is 20.1 Å². The molecule has 0 fully saturated rings. The average Bonchev–Trinajstić information content (AvgIpc) is 2.61. The standard InChI is InChI=1S/C19H22N2O3/c1-14(10-11-15-6-3-2-4-7-15)20-19(22)21-16-8-5-9-17-18(16)24-13-12-23-17/h2-9,14H,10-13H2,1H3,(H2,20,21,22). The number of anilines is 1. The molecule has 2 N–H and O–H groups in total. The maximum Gasteiger partial charge on any atom is 0.319 e. The lowest BCUT2D eigenvalue weighted by atomic mass is 10.1. The van der Waals surface area contributed by atoms with Crippen LogP contribution in [0.5, 0.6) is 11.5 Å². The number of aryl methyl sites for hydroxylation is 1. The summed E-state index contributed by atoms with van der Waals surface area (Å²) in [6.07, 6.45) is 1.81. The fourth-order valence-electron chi connectivity index (χ4n) is 2.65. The Bertz CT molecular complexity index is 688. The number of hydrogen-bond donors (Lipinski definition) is 2. The number of hydrogen-bond acceptors (Lipinski definition) is 3. The summed E-state index contributed by atoms with van der Waals surface area (Å²) in [7, 11) is 0. The van der Waals surface area contributed by atoms with Crippen LogP contribution in [-0.4, -0.2) is 25.3 Å². The van der Waals surface area contributed by atoms with Gasteiger partial charge in [-0.1, -0.05) is 36.4 Å². The first-order valence-corrected chi connectivity index (χ1v) is 8.22. The second-order valence-corrected chi connectivity index (χ2v) is 5.85. The monoisotopic (exact) mass is 326 g/mol. The fourth-order valence-corrected chi connectivity index (χ4v) is 2.65. The molecule has 2 aromatic carbocycles. The van der Waals surface area contributed by atoms with Crippen molar-refractivity contribution in [2.45, 2.75) is 25.8 Å². The molecule has 2 amide bonds. The highest BCUT2D eigenvalue weighted by molar-refractivity contribution is 5.91. The predicted molar refractivity (Wildman–Crippen MR) is 93.8 cm³/mol. The summed E-state index contributed by atoms with van der Waals surface area (Å²) < 4.78 is 11.1. The van der Waals surface area contributed by atoms with Crippen LogP contribution in [0.3, 0.4) is 0 Å². The van der Waals surface area contributed by atoms with E-state index in [1.54, 1.807) is 0 Å². The lowest BCUT2D eigenvalue weighted by Gasteiger charge is -2.21. The average molecular weight is 326 g/mol. The van der Waals surface area contributed by atoms with E-state index in [9.17, 15) is 4.79 Å². The lowest BCUT2D eigenvalue weighted by molar-refractivity contribution is 0.172. The van der Waals surface area contributed by atoms with Gasteiger partial charge in [-0.2, -0.15) is 0 Å². The Morgan fingerprint density at radius 1 is 1.08 bits per heavy atom. The highest BCUT2D eigenvalue weighted by atomic mass is 16.6. The summed E-state index contributed by atoms with van der Waals surface area (Å²) in [6.45, 7) is 3.02. The Kier molecular flexibility index (Phi) is 5.21. The minimum absolute atomic E-state index is 0.0712. The number of carbonyl (C=O) groups is 1. The van der Waals surface area contributed by atoms with E-state index in [2.05, 4.69) is 22.8 Å². The molecule has 1 heterocycles. The van der Waals surface area contributed by atoms with Gasteiger partial charge in [-0.05, 0) is 37.5 Å². The number of rotatable bonds is 5. The van der Waals surface area contributed by atoms with Crippen molar-refractivity contribution in [1.82, 2.24) is 5.32 Å². The predicted octanol–water partition coefficient (Wildman–Crippen LogP) is 3.60. The third kappa shape index (κ3) is 4.19. The van der Waals surface area contributed by atoms with Crippen molar-refractivity contribution >= 4 is 11.7 Å². The quantitative estimate of drug-likeness (QED) is 0.882. The Hall–Kier alpha value is -2.69. The molecule has 24 heavy (non-hydrogen) atoms. The van der Waals surface area contributed by atoms with Gasteiger partial charge in [-0.3, -0.25) is 0 Å². The molecular weight excluding hydrogens is 304 g/mol. The lowest BCUT2D eigenvalue weighted by Crippen LogP contribution is -2.36. The number of para-hydroxylation sites is 1. The molecule has 0 aliphatic carbocycles. The number of amides is 2. The van der Waals surface area contributed by atoms with Crippen molar-refractivity contribution in [2.75, 3.05) is 18.5 Å². The molecule has 2 aromatic rings. The molecule has 0 aromatic heterocycles. The minimum atomic E-state index is -0.238. The number of nitrogens with one attached hydrogen (secondary N) is 2. The Morgan fingerprint density at radius 2 is 1.88 bits per heavy atom. The molecule has 5 heteroatoms. The zero-order valence-electron chi connectivity index (χ0n) is 13.7. The minimum Gasteiger partial charge on any atom is -0.486 e. The van der Waals surface area contributed by atoms with Crippen LogP contribution in [0.2, 0.25) is 0 Å². The van der Waals surface area contributed by atoms with Gasteiger partial charge in [0.15, 0.2) is 11.5 Å². The molecular formula is C19H22N2O3. The second-order valence-electron chi connectivity index (χ2n) is 5.85. The topological polar surface area (TPSA) is 59.6 Å². The first-order valence-electron chi connectivity index (χ1n) is 8.22. The Morgan fingerprint density at radius 3 is 2.71 bits per heavy atom. The molecule has 1 unspecified atom stereocenters. The molecule has 3 rings (SSSR count). The van der Waals surface area contributed by atoms with Gasteiger partial charge in [0, 0.05) is 6.04 Å². The van der Waals surface area contributed by atoms with Crippen LogP contribution >= 0.6 is 0 Å². The van der Waals surface area contributed by atoms with Gasteiger partial charge in [0.2, 0.25) is 0 Å². The highest BCUT2D eigenvalue weighted by Gasteiger charge is 2.17. The zero-order valence-corrected chi connectivity index (χ0v) is 13.7. The Labute approximate surface area is 142 Å². The maximum atomic E-state index is 12.2. The molecule has 0 radical (unpaired) electrons. The van der Waals surface area contributed by atoms with Crippen LogP contribution in [-0.2, 0) is 6.42 Å². The van der Waals surface area contributed by atoms with Crippen LogP contribution in [0.25, 0.3) is 0 Å². The first-order chi connectivity index (χ1) is 11.7. The molecule has 0 saturated heterocycles. The molecule has 0 saturated carbocycles. The van der Waals surface area contributed by atoms with E-state index in [0.717, 1.165) is 12.8 Å². The molecule has 5 nitrogen and oxygen atoms in total. The van der Waals surface area contributed by atoms with Crippen molar-refractivity contribution in [3.63, 3.8) is 0 Å². The summed E-state index contributed by atoms with van der Waals surface area (Å²) in [6, 6.07) is 15.6. The van der Waals surface area contributed by atoms with Gasteiger partial charge in [0.05, 0.1) is 5.69 Å². The van der Waals surface area contributed by atoms with E-state index < -0.39 is 0 Å². The number of ether oxygens (including phenoxy) is 2. The highest BCUT2D eigenvalue weighted by Crippen LogP contribution is 2.37. The summed E-state index contributed by atoms with van der Waals surface area (Å²) >= 11 is 0. The van der Waals surface area contributed by atoms with E-state index in [1.807, 2.05) is 43.3 Å². The van der Waals surface area contributed by atoms with Crippen LogP contribution < -0.4 is 20.1 Å². The van der Waals surface area contributed by atoms with Crippen molar-refractivity contribution in [2.24, 2.45) is 0 Å². The van der Waals surface area contributed by atoms with Crippen LogP contribution in [0.4, 0.5) is 10.5 Å².